The normalized spacial score (nSPS) is 24.7. The van der Waals surface area contributed by atoms with Gasteiger partial charge >= 0.3 is 30.1 Å². The van der Waals surface area contributed by atoms with Crippen molar-refractivity contribution in [2.45, 2.75) is 108 Å². The van der Waals surface area contributed by atoms with Crippen LogP contribution in [0.15, 0.2) is 12.2 Å². The van der Waals surface area contributed by atoms with Gasteiger partial charge in [-0.1, -0.05) is 25.0 Å². The lowest BCUT2D eigenvalue weighted by Gasteiger charge is -2.29. The molecule has 0 unspecified atom stereocenters. The van der Waals surface area contributed by atoms with E-state index in [2.05, 4.69) is 5.32 Å². The van der Waals surface area contributed by atoms with Gasteiger partial charge in [0, 0.05) is 12.3 Å². The van der Waals surface area contributed by atoms with Crippen LogP contribution >= 0.6 is 0 Å². The largest absolute Gasteiger partial charge is 0.480 e. The number of aliphatic carboxylic acids is 1. The molecular formula is C27H40F3N3O9. The Labute approximate surface area is 242 Å². The molecule has 238 valence electrons. The molecule has 1 aliphatic heterocycles. The second-order valence-corrected chi connectivity index (χ2v) is 11.5. The average Bonchev–Trinajstić information content (AvgIpc) is 3.40. The molecule has 0 radical (unpaired) electrons. The van der Waals surface area contributed by atoms with Crippen molar-refractivity contribution in [3.63, 3.8) is 0 Å². The Morgan fingerprint density at radius 1 is 1.12 bits per heavy atom. The van der Waals surface area contributed by atoms with E-state index in [1.54, 1.807) is 39.8 Å². The molecule has 3 amide bonds. The number of aliphatic hydroxyl groups excluding tert-OH is 1. The van der Waals surface area contributed by atoms with E-state index < -0.39 is 71.3 Å². The van der Waals surface area contributed by atoms with E-state index >= 15 is 0 Å². The third-order valence-corrected chi connectivity index (χ3v) is 6.80. The number of carbonyl (C=O) groups is 5. The zero-order valence-electron chi connectivity index (χ0n) is 24.2. The minimum absolute atomic E-state index is 0.0207. The van der Waals surface area contributed by atoms with Crippen LogP contribution in [0.4, 0.5) is 18.0 Å². The van der Waals surface area contributed by atoms with Gasteiger partial charge in [0.1, 0.15) is 23.2 Å². The highest BCUT2D eigenvalue weighted by Gasteiger charge is 2.62. The SMILES string of the molecule is CCOC(=O)[C@@]1(NC(=O)[C@@H]2C[C@@H](O)CN2C(=O)OC(C)(C)C)C[C@H]1/C=C\CCCCC[C@H](NC(=O)C(F)(F)F)C(=O)O. The first-order valence-electron chi connectivity index (χ1n) is 13.8. The lowest BCUT2D eigenvalue weighted by molar-refractivity contribution is -0.175. The zero-order chi connectivity index (χ0) is 31.9. The van der Waals surface area contributed by atoms with Gasteiger partial charge in [0.2, 0.25) is 5.91 Å². The number of allylic oxidation sites excluding steroid dienone is 1. The highest BCUT2D eigenvalue weighted by Crippen LogP contribution is 2.46. The molecule has 0 aromatic rings. The Hall–Kier alpha value is -3.36. The molecule has 1 heterocycles. The summed E-state index contributed by atoms with van der Waals surface area (Å²) < 4.78 is 47.7. The van der Waals surface area contributed by atoms with Gasteiger partial charge in [-0.2, -0.15) is 13.2 Å². The van der Waals surface area contributed by atoms with Crippen molar-refractivity contribution in [1.82, 2.24) is 15.5 Å². The zero-order valence-corrected chi connectivity index (χ0v) is 24.2. The van der Waals surface area contributed by atoms with Crippen LogP contribution in [0.2, 0.25) is 0 Å². The first-order chi connectivity index (χ1) is 19.4. The van der Waals surface area contributed by atoms with Gasteiger partial charge in [0.25, 0.3) is 0 Å². The third-order valence-electron chi connectivity index (χ3n) is 6.80. The van der Waals surface area contributed by atoms with Crippen molar-refractivity contribution < 1.29 is 56.8 Å². The maximum atomic E-state index is 13.2. The number of hydrogen-bond donors (Lipinski definition) is 4. The molecule has 5 atom stereocenters. The molecule has 1 aliphatic carbocycles. The summed E-state index contributed by atoms with van der Waals surface area (Å²) in [5.74, 6) is -5.50. The number of unbranched alkanes of at least 4 members (excludes halogenated alkanes) is 3. The number of hydrogen-bond acceptors (Lipinski definition) is 8. The minimum atomic E-state index is -5.17. The smallest absolute Gasteiger partial charge is 0.471 e. The Kier molecular flexibility index (Phi) is 11.8. The average molecular weight is 608 g/mol. The summed E-state index contributed by atoms with van der Waals surface area (Å²) >= 11 is 0. The molecule has 2 aliphatic rings. The maximum Gasteiger partial charge on any atom is 0.471 e. The number of carboxylic acids is 1. The van der Waals surface area contributed by atoms with Gasteiger partial charge in [-0.3, -0.25) is 14.5 Å². The van der Waals surface area contributed by atoms with Crippen molar-refractivity contribution in [1.29, 1.82) is 0 Å². The number of β-amino-alcohol motifs (C(OH)–C–C–N with tert-alkyl or cyclic N) is 1. The number of halogens is 3. The molecule has 0 aromatic carbocycles. The van der Waals surface area contributed by atoms with Gasteiger partial charge in [-0.25, -0.2) is 14.4 Å². The Morgan fingerprint density at radius 3 is 2.36 bits per heavy atom. The fraction of sp³-hybridized carbons (Fsp3) is 0.741. The fourth-order valence-electron chi connectivity index (χ4n) is 4.64. The van der Waals surface area contributed by atoms with Crippen molar-refractivity contribution in [3.8, 4) is 0 Å². The van der Waals surface area contributed by atoms with Crippen LogP contribution < -0.4 is 10.6 Å². The van der Waals surface area contributed by atoms with Crippen molar-refractivity contribution in [3.05, 3.63) is 12.2 Å². The van der Waals surface area contributed by atoms with Crippen LogP contribution in [-0.2, 0) is 28.7 Å². The topological polar surface area (TPSA) is 172 Å². The van der Waals surface area contributed by atoms with E-state index in [1.165, 1.54) is 5.32 Å². The lowest BCUT2D eigenvalue weighted by atomic mass is 10.1. The quantitative estimate of drug-likeness (QED) is 0.139. The molecule has 15 heteroatoms. The first-order valence-corrected chi connectivity index (χ1v) is 13.8. The fourth-order valence-corrected chi connectivity index (χ4v) is 4.64. The molecule has 0 bridgehead atoms. The number of nitrogens with one attached hydrogen (secondary N) is 2. The predicted octanol–water partition coefficient (Wildman–Crippen LogP) is 2.43. The summed E-state index contributed by atoms with van der Waals surface area (Å²) in [7, 11) is 0. The van der Waals surface area contributed by atoms with E-state index in [0.29, 0.717) is 19.3 Å². The van der Waals surface area contributed by atoms with Crippen molar-refractivity contribution >= 4 is 29.8 Å². The summed E-state index contributed by atoms with van der Waals surface area (Å²) in [5.41, 5.74) is -2.15. The number of amides is 3. The molecule has 2 fully saturated rings. The van der Waals surface area contributed by atoms with Crippen LogP contribution in [0.1, 0.15) is 72.6 Å². The number of ether oxygens (including phenoxy) is 2. The van der Waals surface area contributed by atoms with Crippen LogP contribution in [0.25, 0.3) is 0 Å². The van der Waals surface area contributed by atoms with E-state index in [-0.39, 0.29) is 38.8 Å². The summed E-state index contributed by atoms with van der Waals surface area (Å²) in [6, 6.07) is -2.69. The molecule has 4 N–H and O–H groups in total. The summed E-state index contributed by atoms with van der Waals surface area (Å²) in [5, 5.41) is 23.4. The highest BCUT2D eigenvalue weighted by molar-refractivity contribution is 5.95. The molecule has 2 rings (SSSR count). The second-order valence-electron chi connectivity index (χ2n) is 11.5. The Balaban J connectivity index is 1.92. The minimum Gasteiger partial charge on any atom is -0.480 e. The number of alkyl halides is 3. The third kappa shape index (κ3) is 9.88. The van der Waals surface area contributed by atoms with Crippen LogP contribution in [-0.4, -0.2) is 93.6 Å². The Bertz CT molecular complexity index is 1040. The molecule has 42 heavy (non-hydrogen) atoms. The summed E-state index contributed by atoms with van der Waals surface area (Å²) in [6.45, 7) is 6.64. The monoisotopic (exact) mass is 607 g/mol. The molecule has 1 saturated carbocycles. The van der Waals surface area contributed by atoms with Gasteiger partial charge in [0.15, 0.2) is 0 Å². The maximum absolute atomic E-state index is 13.2. The molecule has 1 saturated heterocycles. The number of esters is 1. The molecule has 0 aromatic heterocycles. The number of nitrogens with zero attached hydrogens (tertiary/aromatic N) is 1. The van der Waals surface area contributed by atoms with Gasteiger partial charge in [-0.15, -0.1) is 0 Å². The van der Waals surface area contributed by atoms with Crippen molar-refractivity contribution in [2.24, 2.45) is 5.92 Å². The van der Waals surface area contributed by atoms with Crippen LogP contribution in [0, 0.1) is 5.92 Å². The number of likely N-dealkylation sites (tertiary alicyclic amines) is 1. The predicted molar refractivity (Wildman–Crippen MR) is 141 cm³/mol. The summed E-state index contributed by atoms with van der Waals surface area (Å²) in [6.07, 6.45) is -1.46. The van der Waals surface area contributed by atoms with E-state index in [0.717, 1.165) is 4.90 Å². The number of rotatable bonds is 13. The molecular weight excluding hydrogens is 567 g/mol. The standard InChI is InChI=1S/C27H40F3N3O9/c1-5-41-23(39)26(32-20(35)19-13-17(34)15-33(19)24(40)42-25(2,3)4)14-16(26)11-9-7-6-8-10-12-18(21(36)37)31-22(38)27(28,29)30/h9,11,16-19,34H,5-8,10,12-15H2,1-4H3,(H,31,38)(H,32,35)(H,36,37)/b11-9-/t16-,17-,18+,19+,26-/m1/s1. The lowest BCUT2D eigenvalue weighted by Crippen LogP contribution is -2.54. The van der Waals surface area contributed by atoms with Crippen molar-refractivity contribution in [2.75, 3.05) is 13.2 Å². The van der Waals surface area contributed by atoms with Crippen LogP contribution in [0.5, 0.6) is 0 Å². The van der Waals surface area contributed by atoms with Gasteiger partial charge in [0.05, 0.1) is 19.3 Å². The summed E-state index contributed by atoms with van der Waals surface area (Å²) in [4.78, 5) is 62.0. The number of aliphatic hydroxyl groups is 1. The molecule has 12 nitrogen and oxygen atoms in total. The number of carboxylic acid groups (broad SMARTS) is 1. The van der Waals surface area contributed by atoms with Crippen LogP contribution in [0.3, 0.4) is 0 Å². The second kappa shape index (κ2) is 14.2. The first kappa shape index (κ1) is 34.8. The number of carbonyl (C=O) groups excluding carboxylic acids is 4. The molecule has 0 spiro atoms. The van der Waals surface area contributed by atoms with E-state index in [1.807, 2.05) is 0 Å². The van der Waals surface area contributed by atoms with E-state index in [9.17, 15) is 42.3 Å². The highest BCUT2D eigenvalue weighted by atomic mass is 19.4. The van der Waals surface area contributed by atoms with E-state index in [4.69, 9.17) is 14.6 Å². The van der Waals surface area contributed by atoms with Gasteiger partial charge < -0.3 is 30.3 Å². The Morgan fingerprint density at radius 2 is 1.79 bits per heavy atom. The van der Waals surface area contributed by atoms with Gasteiger partial charge in [-0.05, 0) is 53.4 Å².